The van der Waals surface area contributed by atoms with Crippen molar-refractivity contribution in [1.82, 2.24) is 19.6 Å². The van der Waals surface area contributed by atoms with Gasteiger partial charge in [-0.05, 0) is 40.8 Å². The van der Waals surface area contributed by atoms with E-state index in [0.29, 0.717) is 46.8 Å². The van der Waals surface area contributed by atoms with Gasteiger partial charge in [-0.15, -0.1) is 5.10 Å². The lowest BCUT2D eigenvalue weighted by Crippen LogP contribution is -2.15. The summed E-state index contributed by atoms with van der Waals surface area (Å²) >= 11 is 0. The summed E-state index contributed by atoms with van der Waals surface area (Å²) in [5.41, 5.74) is 4.50. The second-order valence-electron chi connectivity index (χ2n) is 9.98. The number of ether oxygens (including phenoxy) is 5. The molecule has 0 saturated carbocycles. The third-order valence-corrected chi connectivity index (χ3v) is 7.69. The molecular formula is C33H28N4O5. The molecule has 1 aliphatic rings. The third kappa shape index (κ3) is 4.13. The van der Waals surface area contributed by atoms with Crippen LogP contribution in [0.5, 0.6) is 34.6 Å². The molecule has 6 aromatic rings. The van der Waals surface area contributed by atoms with Crippen LogP contribution >= 0.6 is 0 Å². The minimum absolute atomic E-state index is 0.248. The van der Waals surface area contributed by atoms with Gasteiger partial charge >= 0.3 is 0 Å². The van der Waals surface area contributed by atoms with Gasteiger partial charge in [0.15, 0.2) is 34.5 Å². The Hall–Kier alpha value is -5.31. The van der Waals surface area contributed by atoms with E-state index in [2.05, 4.69) is 24.3 Å². The van der Waals surface area contributed by atoms with Crippen molar-refractivity contribution in [3.05, 3.63) is 107 Å². The number of methoxy groups -OCH3 is 4. The van der Waals surface area contributed by atoms with Gasteiger partial charge in [-0.1, -0.05) is 48.5 Å². The standard InChI is InChI=1S/C33H28N4O5/c1-38-24-13-9-19(15-26(24)40-3)16-28-35-32-30-29(21-11-14-25(39-2)27(17-21)41-4)23-12-10-20-7-5-6-8-22(20)31(23)42-33(30)34-18-37(32)36-28/h5-15,17-18,29H,16H2,1-4H3. The first-order valence-corrected chi connectivity index (χ1v) is 13.5. The minimum Gasteiger partial charge on any atom is -0.493 e. The molecule has 9 heteroatoms. The zero-order valence-electron chi connectivity index (χ0n) is 23.6. The van der Waals surface area contributed by atoms with E-state index in [0.717, 1.165) is 38.8 Å². The Bertz CT molecular complexity index is 1970. The number of hydrogen-bond donors (Lipinski definition) is 0. The van der Waals surface area contributed by atoms with Crippen LogP contribution in [0.25, 0.3) is 16.4 Å². The molecule has 0 saturated heterocycles. The summed E-state index contributed by atoms with van der Waals surface area (Å²) in [5.74, 6) is 4.30. The summed E-state index contributed by atoms with van der Waals surface area (Å²) in [6, 6.07) is 24.2. The van der Waals surface area contributed by atoms with E-state index in [9.17, 15) is 0 Å². The molecule has 7 rings (SSSR count). The summed E-state index contributed by atoms with van der Waals surface area (Å²) in [6.45, 7) is 0. The van der Waals surface area contributed by atoms with E-state index in [1.165, 1.54) is 0 Å². The van der Waals surface area contributed by atoms with Gasteiger partial charge in [0.1, 0.15) is 12.1 Å². The molecule has 0 spiro atoms. The van der Waals surface area contributed by atoms with Crippen molar-refractivity contribution in [2.24, 2.45) is 0 Å². The van der Waals surface area contributed by atoms with E-state index in [-0.39, 0.29) is 5.92 Å². The second-order valence-corrected chi connectivity index (χ2v) is 9.98. The van der Waals surface area contributed by atoms with Gasteiger partial charge in [0.05, 0.1) is 34.0 Å². The molecule has 0 bridgehead atoms. The summed E-state index contributed by atoms with van der Waals surface area (Å²) < 4.78 is 30.4. The number of aromatic nitrogens is 4. The lowest BCUT2D eigenvalue weighted by atomic mass is 9.82. The van der Waals surface area contributed by atoms with Crippen molar-refractivity contribution in [1.29, 1.82) is 0 Å². The molecule has 0 fully saturated rings. The van der Waals surface area contributed by atoms with E-state index in [1.54, 1.807) is 39.3 Å². The Morgan fingerprint density at radius 2 is 1.52 bits per heavy atom. The van der Waals surface area contributed by atoms with Gasteiger partial charge in [0.2, 0.25) is 5.88 Å². The first-order chi connectivity index (χ1) is 20.6. The van der Waals surface area contributed by atoms with Crippen LogP contribution in [0.15, 0.2) is 79.1 Å². The fourth-order valence-electron chi connectivity index (χ4n) is 5.72. The smallest absolute Gasteiger partial charge is 0.228 e. The van der Waals surface area contributed by atoms with Crippen LogP contribution in [0.2, 0.25) is 0 Å². The monoisotopic (exact) mass is 560 g/mol. The zero-order valence-corrected chi connectivity index (χ0v) is 23.6. The SMILES string of the molecule is COc1ccc(Cc2nc3c4c(ncn3n2)Oc2c(ccc3ccccc23)C4c2ccc(OC)c(OC)c2)cc1OC. The molecule has 3 heterocycles. The third-order valence-electron chi connectivity index (χ3n) is 7.69. The lowest BCUT2D eigenvalue weighted by Gasteiger charge is -2.29. The van der Waals surface area contributed by atoms with Crippen molar-refractivity contribution in [3.63, 3.8) is 0 Å². The molecule has 1 aliphatic heterocycles. The number of benzene rings is 4. The Labute approximate surface area is 242 Å². The summed E-state index contributed by atoms with van der Waals surface area (Å²) in [6.07, 6.45) is 2.15. The topological polar surface area (TPSA) is 89.2 Å². The van der Waals surface area contributed by atoms with Crippen molar-refractivity contribution >= 4 is 16.4 Å². The lowest BCUT2D eigenvalue weighted by molar-refractivity contribution is 0.354. The molecule has 1 atom stereocenters. The Morgan fingerprint density at radius 1 is 0.786 bits per heavy atom. The number of fused-ring (bicyclic) bond motifs is 6. The van der Waals surface area contributed by atoms with Gasteiger partial charge in [-0.3, -0.25) is 0 Å². The van der Waals surface area contributed by atoms with Crippen molar-refractivity contribution < 1.29 is 23.7 Å². The van der Waals surface area contributed by atoms with Gasteiger partial charge in [0.25, 0.3) is 0 Å². The molecule has 4 aromatic carbocycles. The normalized spacial score (nSPS) is 13.8. The van der Waals surface area contributed by atoms with Crippen LogP contribution in [0, 0.1) is 0 Å². The van der Waals surface area contributed by atoms with Gasteiger partial charge in [-0.25, -0.2) is 14.5 Å². The molecule has 2 aromatic heterocycles. The van der Waals surface area contributed by atoms with Crippen molar-refractivity contribution in [2.75, 3.05) is 28.4 Å². The molecule has 210 valence electrons. The highest BCUT2D eigenvalue weighted by Gasteiger charge is 2.34. The molecule has 0 radical (unpaired) electrons. The molecule has 9 nitrogen and oxygen atoms in total. The van der Waals surface area contributed by atoms with Crippen molar-refractivity contribution in [2.45, 2.75) is 12.3 Å². The average Bonchev–Trinajstić information content (AvgIpc) is 3.45. The molecule has 42 heavy (non-hydrogen) atoms. The van der Waals surface area contributed by atoms with E-state index < -0.39 is 0 Å². The van der Waals surface area contributed by atoms with Gasteiger partial charge < -0.3 is 23.7 Å². The first kappa shape index (κ1) is 25.6. The highest BCUT2D eigenvalue weighted by Crippen LogP contribution is 2.51. The van der Waals surface area contributed by atoms with Crippen LogP contribution < -0.4 is 23.7 Å². The Morgan fingerprint density at radius 3 is 2.31 bits per heavy atom. The summed E-state index contributed by atoms with van der Waals surface area (Å²) in [4.78, 5) is 9.73. The second kappa shape index (κ2) is 10.3. The fourth-order valence-corrected chi connectivity index (χ4v) is 5.72. The summed E-state index contributed by atoms with van der Waals surface area (Å²) in [7, 11) is 6.51. The van der Waals surface area contributed by atoms with Crippen LogP contribution in [-0.4, -0.2) is 48.0 Å². The van der Waals surface area contributed by atoms with E-state index in [1.807, 2.05) is 48.5 Å². The molecular weight excluding hydrogens is 532 g/mol. The highest BCUT2D eigenvalue weighted by molar-refractivity contribution is 5.91. The molecule has 1 unspecified atom stereocenters. The summed E-state index contributed by atoms with van der Waals surface area (Å²) in [5, 5.41) is 6.89. The Kier molecular flexibility index (Phi) is 6.27. The maximum atomic E-state index is 6.56. The predicted octanol–water partition coefficient (Wildman–Crippen LogP) is 6.19. The largest absolute Gasteiger partial charge is 0.493 e. The van der Waals surface area contributed by atoms with Crippen LogP contribution in [0.3, 0.4) is 0 Å². The van der Waals surface area contributed by atoms with Crippen LogP contribution in [0.1, 0.15) is 34.0 Å². The predicted molar refractivity (Wildman–Crippen MR) is 158 cm³/mol. The molecule has 0 aliphatic carbocycles. The van der Waals surface area contributed by atoms with Crippen molar-refractivity contribution in [3.8, 4) is 34.6 Å². The average molecular weight is 561 g/mol. The first-order valence-electron chi connectivity index (χ1n) is 13.5. The maximum Gasteiger partial charge on any atom is 0.228 e. The van der Waals surface area contributed by atoms with Gasteiger partial charge in [0, 0.05) is 23.3 Å². The number of hydrogen-bond acceptors (Lipinski definition) is 8. The van der Waals surface area contributed by atoms with E-state index in [4.69, 9.17) is 38.8 Å². The molecule has 0 N–H and O–H groups in total. The number of nitrogens with zero attached hydrogens (tertiary/aromatic N) is 4. The number of rotatable bonds is 7. The quantitative estimate of drug-likeness (QED) is 0.228. The minimum atomic E-state index is -0.248. The molecule has 0 amide bonds. The van der Waals surface area contributed by atoms with Gasteiger partial charge in [-0.2, -0.15) is 0 Å². The highest BCUT2D eigenvalue weighted by atomic mass is 16.5. The van der Waals surface area contributed by atoms with Crippen LogP contribution in [0.4, 0.5) is 0 Å². The zero-order chi connectivity index (χ0) is 28.8. The van der Waals surface area contributed by atoms with E-state index >= 15 is 0 Å². The maximum absolute atomic E-state index is 6.56. The fraction of sp³-hybridized carbons (Fsp3) is 0.182. The Balaban J connectivity index is 1.41. The van der Waals surface area contributed by atoms with Crippen LogP contribution in [-0.2, 0) is 6.42 Å².